The Balaban J connectivity index is 2.78. The number of aliphatic hydroxyl groups excluding tert-OH is 1. The fourth-order valence-corrected chi connectivity index (χ4v) is 1.90. The molecule has 1 heterocycles. The van der Waals surface area contributed by atoms with E-state index in [0.717, 1.165) is 12.0 Å². The zero-order valence-electron chi connectivity index (χ0n) is 11.3. The van der Waals surface area contributed by atoms with Crippen molar-refractivity contribution in [2.45, 2.75) is 52.2 Å². The Hall–Kier alpha value is -1.29. The summed E-state index contributed by atoms with van der Waals surface area (Å²) < 4.78 is 10.5. The second-order valence-corrected chi connectivity index (χ2v) is 4.44. The van der Waals surface area contributed by atoms with E-state index in [1.807, 2.05) is 13.8 Å². The first kappa shape index (κ1) is 14.8. The van der Waals surface area contributed by atoms with Crippen LogP contribution in [0.5, 0.6) is 0 Å². The third-order valence-corrected chi connectivity index (χ3v) is 2.66. The first-order chi connectivity index (χ1) is 8.56. The van der Waals surface area contributed by atoms with E-state index in [1.54, 1.807) is 13.0 Å². The number of allylic oxidation sites excluding steroid dienone is 1. The highest BCUT2D eigenvalue weighted by molar-refractivity contribution is 5.83. The molecule has 1 aliphatic rings. The molecular weight excluding hydrogens is 232 g/mol. The lowest BCUT2D eigenvalue weighted by atomic mass is 10.1. The van der Waals surface area contributed by atoms with Crippen LogP contribution in [0.15, 0.2) is 23.5 Å². The van der Waals surface area contributed by atoms with Crippen molar-refractivity contribution in [3.8, 4) is 0 Å². The number of ether oxygens (including phenoxy) is 2. The molecule has 1 aliphatic heterocycles. The van der Waals surface area contributed by atoms with E-state index in [-0.39, 0.29) is 12.1 Å². The van der Waals surface area contributed by atoms with Gasteiger partial charge in [-0.15, -0.1) is 0 Å². The topological polar surface area (TPSA) is 55.8 Å². The molecule has 0 saturated carbocycles. The van der Waals surface area contributed by atoms with E-state index in [2.05, 4.69) is 0 Å². The molecule has 0 spiro atoms. The van der Waals surface area contributed by atoms with Gasteiger partial charge in [-0.1, -0.05) is 13.3 Å². The van der Waals surface area contributed by atoms with Crippen molar-refractivity contribution >= 4 is 5.97 Å². The Labute approximate surface area is 108 Å². The largest absolute Gasteiger partial charge is 0.490 e. The molecule has 1 fully saturated rings. The summed E-state index contributed by atoms with van der Waals surface area (Å²) in [4.78, 5) is 11.4. The molecule has 102 valence electrons. The van der Waals surface area contributed by atoms with Crippen LogP contribution in [0.3, 0.4) is 0 Å². The van der Waals surface area contributed by atoms with Crippen LogP contribution in [0, 0.1) is 0 Å². The first-order valence-corrected chi connectivity index (χ1v) is 6.51. The zero-order chi connectivity index (χ0) is 13.5. The Morgan fingerprint density at radius 2 is 2.33 bits per heavy atom. The van der Waals surface area contributed by atoms with Crippen molar-refractivity contribution in [2.75, 3.05) is 6.61 Å². The quantitative estimate of drug-likeness (QED) is 0.604. The van der Waals surface area contributed by atoms with Crippen LogP contribution in [0.2, 0.25) is 0 Å². The predicted octanol–water partition coefficient (Wildman–Crippen LogP) is 2.33. The van der Waals surface area contributed by atoms with E-state index in [0.29, 0.717) is 25.2 Å². The van der Waals surface area contributed by atoms with Gasteiger partial charge in [0.2, 0.25) is 0 Å². The second-order valence-electron chi connectivity index (χ2n) is 4.44. The summed E-state index contributed by atoms with van der Waals surface area (Å²) in [5.41, 5.74) is 0.802. The molecule has 0 aromatic heterocycles. The number of hydrogen-bond acceptors (Lipinski definition) is 4. The molecule has 0 bridgehead atoms. The lowest BCUT2D eigenvalue weighted by molar-refractivity contribution is -0.137. The molecule has 0 aliphatic carbocycles. The third kappa shape index (κ3) is 4.53. The van der Waals surface area contributed by atoms with Gasteiger partial charge >= 0.3 is 5.97 Å². The van der Waals surface area contributed by atoms with E-state index < -0.39 is 6.10 Å². The number of rotatable bonds is 5. The van der Waals surface area contributed by atoms with Crippen LogP contribution < -0.4 is 0 Å². The maximum Gasteiger partial charge on any atom is 0.331 e. The molecule has 0 radical (unpaired) electrons. The summed E-state index contributed by atoms with van der Waals surface area (Å²) in [5, 5.41) is 9.75. The highest BCUT2D eigenvalue weighted by Gasteiger charge is 2.23. The van der Waals surface area contributed by atoms with Gasteiger partial charge in [0.25, 0.3) is 0 Å². The van der Waals surface area contributed by atoms with Gasteiger partial charge < -0.3 is 14.6 Å². The summed E-state index contributed by atoms with van der Waals surface area (Å²) in [6.07, 6.45) is 4.90. The van der Waals surface area contributed by atoms with Crippen LogP contribution in [0.4, 0.5) is 0 Å². The molecule has 2 unspecified atom stereocenters. The van der Waals surface area contributed by atoms with Gasteiger partial charge in [-0.05, 0) is 26.3 Å². The molecule has 2 atom stereocenters. The van der Waals surface area contributed by atoms with Crippen LogP contribution in [-0.4, -0.2) is 29.9 Å². The highest BCUT2D eigenvalue weighted by atomic mass is 16.5. The summed E-state index contributed by atoms with van der Waals surface area (Å²) in [6, 6.07) is 0. The van der Waals surface area contributed by atoms with Gasteiger partial charge in [-0.2, -0.15) is 0 Å². The standard InChI is InChI=1S/C14H22O4/c1-4-6-12(15)9-13-11(7-10(3)18-13)8-14(16)17-5-2/h8-10,12,15H,4-7H2,1-3H3/b11-8+,13-9+. The third-order valence-electron chi connectivity index (χ3n) is 2.66. The van der Waals surface area contributed by atoms with Crippen molar-refractivity contribution < 1.29 is 19.4 Å². The van der Waals surface area contributed by atoms with E-state index >= 15 is 0 Å². The van der Waals surface area contributed by atoms with E-state index in [1.165, 1.54) is 6.08 Å². The van der Waals surface area contributed by atoms with Crippen LogP contribution in [0.25, 0.3) is 0 Å². The fourth-order valence-electron chi connectivity index (χ4n) is 1.90. The van der Waals surface area contributed by atoms with Gasteiger partial charge in [-0.25, -0.2) is 4.79 Å². The van der Waals surface area contributed by atoms with Crippen LogP contribution in [0.1, 0.15) is 40.0 Å². The Morgan fingerprint density at radius 1 is 1.61 bits per heavy atom. The van der Waals surface area contributed by atoms with Crippen molar-refractivity contribution in [3.05, 3.63) is 23.5 Å². The summed E-state index contributed by atoms with van der Waals surface area (Å²) in [5.74, 6) is 0.248. The van der Waals surface area contributed by atoms with Crippen molar-refractivity contribution in [1.82, 2.24) is 0 Å². The molecule has 1 N–H and O–H groups in total. The Bertz CT molecular complexity index is 344. The summed E-state index contributed by atoms with van der Waals surface area (Å²) in [6.45, 7) is 6.07. The number of esters is 1. The van der Waals surface area contributed by atoms with Gasteiger partial charge in [-0.3, -0.25) is 0 Å². The molecule has 1 saturated heterocycles. The normalized spacial score (nSPS) is 25.2. The summed E-state index contributed by atoms with van der Waals surface area (Å²) in [7, 11) is 0. The first-order valence-electron chi connectivity index (χ1n) is 6.51. The van der Waals surface area contributed by atoms with Crippen molar-refractivity contribution in [2.24, 2.45) is 0 Å². The average Bonchev–Trinajstić information content (AvgIpc) is 2.59. The van der Waals surface area contributed by atoms with E-state index in [9.17, 15) is 9.90 Å². The van der Waals surface area contributed by atoms with Gasteiger partial charge in [0.1, 0.15) is 11.9 Å². The SMILES string of the molecule is CCCC(O)/C=C1/OC(C)C/C1=C\C(=O)OCC. The smallest absolute Gasteiger partial charge is 0.331 e. The molecule has 18 heavy (non-hydrogen) atoms. The van der Waals surface area contributed by atoms with Crippen molar-refractivity contribution in [1.29, 1.82) is 0 Å². The number of hydrogen-bond donors (Lipinski definition) is 1. The molecular formula is C14H22O4. The number of carbonyl (C=O) groups excluding carboxylic acids is 1. The summed E-state index contributed by atoms with van der Waals surface area (Å²) >= 11 is 0. The minimum absolute atomic E-state index is 0.0331. The van der Waals surface area contributed by atoms with Crippen molar-refractivity contribution in [3.63, 3.8) is 0 Å². The predicted molar refractivity (Wildman–Crippen MR) is 68.9 cm³/mol. The molecule has 0 amide bonds. The molecule has 4 nitrogen and oxygen atoms in total. The molecule has 0 aromatic carbocycles. The zero-order valence-corrected chi connectivity index (χ0v) is 11.3. The van der Waals surface area contributed by atoms with Gasteiger partial charge in [0.15, 0.2) is 0 Å². The Morgan fingerprint density at radius 3 is 2.94 bits per heavy atom. The van der Waals surface area contributed by atoms with Crippen LogP contribution >= 0.6 is 0 Å². The molecule has 0 aromatic rings. The average molecular weight is 254 g/mol. The maximum atomic E-state index is 11.4. The fraction of sp³-hybridized carbons (Fsp3) is 0.643. The van der Waals surface area contributed by atoms with Gasteiger partial charge in [0, 0.05) is 18.1 Å². The number of carbonyl (C=O) groups is 1. The molecule has 4 heteroatoms. The minimum Gasteiger partial charge on any atom is -0.490 e. The maximum absolute atomic E-state index is 11.4. The van der Waals surface area contributed by atoms with E-state index in [4.69, 9.17) is 9.47 Å². The Kier molecular flexibility index (Phi) is 5.92. The van der Waals surface area contributed by atoms with Gasteiger partial charge in [0.05, 0.1) is 12.7 Å². The molecule has 1 rings (SSSR count). The number of aliphatic hydroxyl groups is 1. The lowest BCUT2D eigenvalue weighted by Crippen LogP contribution is -2.04. The van der Waals surface area contributed by atoms with Crippen LogP contribution in [-0.2, 0) is 14.3 Å². The monoisotopic (exact) mass is 254 g/mol. The highest BCUT2D eigenvalue weighted by Crippen LogP contribution is 2.29. The second kappa shape index (κ2) is 7.21. The lowest BCUT2D eigenvalue weighted by Gasteiger charge is -2.07. The minimum atomic E-state index is -0.527.